The van der Waals surface area contributed by atoms with E-state index in [1.165, 1.54) is 0 Å². The Hall–Kier alpha value is -3.19. The van der Waals surface area contributed by atoms with Gasteiger partial charge in [-0.1, -0.05) is 6.92 Å². The molecular weight excluding hydrogens is 360 g/mol. The molecule has 0 spiro atoms. The van der Waals surface area contributed by atoms with Crippen LogP contribution < -0.4 is 10.3 Å². The molecule has 7 nitrogen and oxygen atoms in total. The number of aliphatic hydroxyl groups is 1. The quantitative estimate of drug-likeness (QED) is 0.537. The van der Waals surface area contributed by atoms with Gasteiger partial charge in [0.2, 0.25) is 0 Å². The van der Waals surface area contributed by atoms with Gasteiger partial charge < -0.3 is 19.1 Å². The molecule has 1 aromatic carbocycles. The van der Waals surface area contributed by atoms with Crippen molar-refractivity contribution in [1.82, 2.24) is 9.55 Å². The van der Waals surface area contributed by atoms with Crippen LogP contribution in [0.1, 0.15) is 30.0 Å². The first-order valence-electron chi connectivity index (χ1n) is 9.11. The Morgan fingerprint density at radius 3 is 2.86 bits per heavy atom. The summed E-state index contributed by atoms with van der Waals surface area (Å²) in [6, 6.07) is 9.33. The smallest absolute Gasteiger partial charge is 0.343 e. The topological polar surface area (TPSA) is 90.7 Å². The Kier molecular flexibility index (Phi) is 3.42. The summed E-state index contributed by atoms with van der Waals surface area (Å²) in [7, 11) is 1.61. The Morgan fingerprint density at radius 2 is 2.11 bits per heavy atom. The van der Waals surface area contributed by atoms with E-state index in [4.69, 9.17) is 14.5 Å². The Labute approximate surface area is 160 Å². The van der Waals surface area contributed by atoms with Gasteiger partial charge in [-0.3, -0.25) is 4.79 Å². The Morgan fingerprint density at radius 1 is 1.29 bits per heavy atom. The number of cyclic esters (lactones) is 1. The molecule has 7 heteroatoms. The summed E-state index contributed by atoms with van der Waals surface area (Å²) < 4.78 is 12.0. The van der Waals surface area contributed by atoms with Crippen LogP contribution in [0.2, 0.25) is 0 Å². The zero-order valence-electron chi connectivity index (χ0n) is 15.5. The van der Waals surface area contributed by atoms with Gasteiger partial charge in [0.15, 0.2) is 5.60 Å². The van der Waals surface area contributed by atoms with Crippen molar-refractivity contribution >= 4 is 16.9 Å². The number of ether oxygens (including phenoxy) is 2. The summed E-state index contributed by atoms with van der Waals surface area (Å²) in [5.41, 5.74) is 1.57. The maximum absolute atomic E-state index is 13.1. The molecule has 1 atom stereocenters. The van der Waals surface area contributed by atoms with Gasteiger partial charge in [-0.05, 0) is 36.8 Å². The van der Waals surface area contributed by atoms with Crippen molar-refractivity contribution in [3.05, 3.63) is 57.4 Å². The van der Waals surface area contributed by atoms with Crippen molar-refractivity contribution in [3.8, 4) is 17.1 Å². The van der Waals surface area contributed by atoms with E-state index >= 15 is 0 Å². The number of esters is 1. The van der Waals surface area contributed by atoms with Crippen LogP contribution in [0.4, 0.5) is 0 Å². The second-order valence-corrected chi connectivity index (χ2v) is 7.16. The van der Waals surface area contributed by atoms with E-state index in [1.807, 2.05) is 24.3 Å². The number of carbonyl (C=O) groups is 1. The van der Waals surface area contributed by atoms with Crippen molar-refractivity contribution in [1.29, 1.82) is 0 Å². The lowest BCUT2D eigenvalue weighted by molar-refractivity contribution is -0.172. The molecular formula is C21H18N2O5. The third kappa shape index (κ3) is 2.10. The lowest BCUT2D eigenvalue weighted by Crippen LogP contribution is -2.44. The molecule has 0 amide bonds. The minimum Gasteiger partial charge on any atom is -0.497 e. The van der Waals surface area contributed by atoms with Crippen molar-refractivity contribution in [2.45, 2.75) is 32.1 Å². The van der Waals surface area contributed by atoms with Crippen LogP contribution in [0.3, 0.4) is 0 Å². The van der Waals surface area contributed by atoms with Crippen molar-refractivity contribution in [3.63, 3.8) is 0 Å². The highest BCUT2D eigenvalue weighted by Crippen LogP contribution is 2.38. The molecule has 0 radical (unpaired) electrons. The molecule has 5 rings (SSSR count). The number of hydrogen-bond donors (Lipinski definition) is 1. The third-order valence-electron chi connectivity index (χ3n) is 5.71. The van der Waals surface area contributed by atoms with Gasteiger partial charge in [-0.15, -0.1) is 0 Å². The second-order valence-electron chi connectivity index (χ2n) is 7.16. The Bertz CT molecular complexity index is 1230. The molecule has 1 N–H and O–H groups in total. The zero-order chi connectivity index (χ0) is 19.6. The molecule has 0 saturated carbocycles. The van der Waals surface area contributed by atoms with Gasteiger partial charge in [0.05, 0.1) is 36.1 Å². The SMILES string of the molecule is CC[C@@]1(O)C(=O)OCc2c1cc1n(c2=O)Cc2cc3cc(OC)ccc3nc2-1. The van der Waals surface area contributed by atoms with Crippen LogP contribution in [0.25, 0.3) is 22.3 Å². The van der Waals surface area contributed by atoms with Crippen molar-refractivity contribution < 1.29 is 19.4 Å². The number of carbonyl (C=O) groups excluding carboxylic acids is 1. The summed E-state index contributed by atoms with van der Waals surface area (Å²) in [5, 5.41) is 11.8. The van der Waals surface area contributed by atoms with E-state index < -0.39 is 11.6 Å². The fourth-order valence-corrected chi connectivity index (χ4v) is 4.09. The first-order chi connectivity index (χ1) is 13.5. The minimum atomic E-state index is -1.81. The predicted molar refractivity (Wildman–Crippen MR) is 101 cm³/mol. The number of hydrogen-bond acceptors (Lipinski definition) is 6. The van der Waals surface area contributed by atoms with E-state index in [0.29, 0.717) is 29.1 Å². The molecule has 4 heterocycles. The number of fused-ring (bicyclic) bond motifs is 5. The van der Waals surface area contributed by atoms with E-state index in [-0.39, 0.29) is 18.6 Å². The molecule has 3 aromatic rings. The van der Waals surface area contributed by atoms with Crippen molar-refractivity contribution in [2.75, 3.05) is 7.11 Å². The van der Waals surface area contributed by atoms with Crippen LogP contribution >= 0.6 is 0 Å². The maximum atomic E-state index is 13.1. The highest BCUT2D eigenvalue weighted by atomic mass is 16.6. The molecule has 142 valence electrons. The van der Waals surface area contributed by atoms with Gasteiger partial charge in [-0.25, -0.2) is 9.78 Å². The number of aromatic nitrogens is 2. The monoisotopic (exact) mass is 378 g/mol. The molecule has 0 bridgehead atoms. The Balaban J connectivity index is 1.76. The fraction of sp³-hybridized carbons (Fsp3) is 0.286. The third-order valence-corrected chi connectivity index (χ3v) is 5.71. The van der Waals surface area contributed by atoms with Crippen molar-refractivity contribution in [2.24, 2.45) is 0 Å². The molecule has 0 fully saturated rings. The van der Waals surface area contributed by atoms with E-state index in [9.17, 15) is 14.7 Å². The van der Waals surface area contributed by atoms with Crippen LogP contribution in [-0.2, 0) is 28.3 Å². The number of pyridine rings is 2. The molecule has 2 aromatic heterocycles. The largest absolute Gasteiger partial charge is 0.497 e. The molecule has 0 saturated heterocycles. The number of nitrogens with zero attached hydrogens (tertiary/aromatic N) is 2. The van der Waals surface area contributed by atoms with Gasteiger partial charge in [0, 0.05) is 16.5 Å². The van der Waals surface area contributed by atoms with E-state index in [2.05, 4.69) is 0 Å². The van der Waals surface area contributed by atoms with Crippen LogP contribution in [-0.4, -0.2) is 27.7 Å². The highest BCUT2D eigenvalue weighted by Gasteiger charge is 2.45. The van der Waals surface area contributed by atoms with Crippen LogP contribution in [0, 0.1) is 0 Å². The second kappa shape index (κ2) is 5.65. The first kappa shape index (κ1) is 16.9. The van der Waals surface area contributed by atoms with Gasteiger partial charge in [0.1, 0.15) is 12.4 Å². The van der Waals surface area contributed by atoms with Gasteiger partial charge in [0.25, 0.3) is 5.56 Å². The number of rotatable bonds is 2. The first-order valence-corrected chi connectivity index (χ1v) is 9.11. The molecule has 2 aliphatic rings. The predicted octanol–water partition coefficient (Wildman–Crippen LogP) is 2.09. The molecule has 0 aliphatic carbocycles. The number of methoxy groups -OCH3 is 1. The van der Waals surface area contributed by atoms with Gasteiger partial charge in [-0.2, -0.15) is 0 Å². The average molecular weight is 378 g/mol. The van der Waals surface area contributed by atoms with Crippen LogP contribution in [0.5, 0.6) is 5.75 Å². The minimum absolute atomic E-state index is 0.125. The average Bonchev–Trinajstić information content (AvgIpc) is 3.07. The lowest BCUT2D eigenvalue weighted by atomic mass is 9.86. The summed E-state index contributed by atoms with van der Waals surface area (Å²) in [5.74, 6) is 0.0182. The van der Waals surface area contributed by atoms with Gasteiger partial charge >= 0.3 is 5.97 Å². The van der Waals surface area contributed by atoms with Crippen LogP contribution in [0.15, 0.2) is 35.1 Å². The molecule has 0 unspecified atom stereocenters. The zero-order valence-corrected chi connectivity index (χ0v) is 15.5. The summed E-state index contributed by atoms with van der Waals surface area (Å²) in [6.45, 7) is 1.95. The summed E-state index contributed by atoms with van der Waals surface area (Å²) in [4.78, 5) is 30.0. The summed E-state index contributed by atoms with van der Waals surface area (Å²) >= 11 is 0. The van der Waals surface area contributed by atoms with E-state index in [1.54, 1.807) is 24.7 Å². The lowest BCUT2D eigenvalue weighted by Gasteiger charge is -2.31. The maximum Gasteiger partial charge on any atom is 0.343 e. The molecule has 2 aliphatic heterocycles. The highest BCUT2D eigenvalue weighted by molar-refractivity contribution is 5.86. The number of benzene rings is 1. The standard InChI is InChI=1S/C21H18N2O5/c1-3-21(26)15-8-17-18-12(6-11-7-13(27-2)4-5-16(11)22-18)9-23(17)19(24)14(15)10-28-20(21)25/h4-8,26H,3,9-10H2,1-2H3/t21-/m0/s1. The molecule has 28 heavy (non-hydrogen) atoms. The van der Waals surface area contributed by atoms with E-state index in [0.717, 1.165) is 22.2 Å². The fourth-order valence-electron chi connectivity index (χ4n) is 4.09. The normalized spacial score (nSPS) is 19.8. The summed E-state index contributed by atoms with van der Waals surface area (Å²) in [6.07, 6.45) is 0.125.